The monoisotopic (exact) mass is 227 g/mol. The topological polar surface area (TPSA) is 37.8 Å². The highest BCUT2D eigenvalue weighted by Crippen LogP contribution is 2.09. The standard InChI is InChI=1S/C11H18ClN3/c1-9(8-12)4-3-5-14-11-10(2)13-6-7-15-11/h6-7,9H,3-5,8H2,1-2H3,(H,14,15). The molecule has 1 rings (SSSR count). The average Bonchev–Trinajstić information content (AvgIpc) is 2.26. The second-order valence-corrected chi connectivity index (χ2v) is 4.13. The summed E-state index contributed by atoms with van der Waals surface area (Å²) in [4.78, 5) is 8.38. The van der Waals surface area contributed by atoms with Crippen molar-refractivity contribution in [2.75, 3.05) is 17.7 Å². The van der Waals surface area contributed by atoms with Crippen molar-refractivity contribution < 1.29 is 0 Å². The number of hydrogen-bond acceptors (Lipinski definition) is 3. The van der Waals surface area contributed by atoms with Gasteiger partial charge in [-0.3, -0.25) is 4.98 Å². The minimum atomic E-state index is 0.594. The number of hydrogen-bond donors (Lipinski definition) is 1. The Morgan fingerprint density at radius 1 is 1.40 bits per heavy atom. The number of alkyl halides is 1. The highest BCUT2D eigenvalue weighted by molar-refractivity contribution is 6.18. The lowest BCUT2D eigenvalue weighted by Gasteiger charge is -2.09. The Balaban J connectivity index is 2.23. The van der Waals surface area contributed by atoms with Crippen LogP contribution in [0.25, 0.3) is 0 Å². The van der Waals surface area contributed by atoms with Crippen LogP contribution in [0.2, 0.25) is 0 Å². The maximum absolute atomic E-state index is 5.73. The molecule has 4 heteroatoms. The molecule has 0 fully saturated rings. The minimum Gasteiger partial charge on any atom is -0.369 e. The molecule has 0 aliphatic heterocycles. The van der Waals surface area contributed by atoms with E-state index in [-0.39, 0.29) is 0 Å². The molecule has 0 amide bonds. The molecule has 0 radical (unpaired) electrons. The molecular weight excluding hydrogens is 210 g/mol. The summed E-state index contributed by atoms with van der Waals surface area (Å²) < 4.78 is 0. The zero-order chi connectivity index (χ0) is 11.1. The van der Waals surface area contributed by atoms with Gasteiger partial charge in [-0.25, -0.2) is 4.98 Å². The molecule has 84 valence electrons. The molecule has 0 aliphatic carbocycles. The quantitative estimate of drug-likeness (QED) is 0.600. The van der Waals surface area contributed by atoms with Gasteiger partial charge in [-0.05, 0) is 25.7 Å². The van der Waals surface area contributed by atoms with E-state index in [0.29, 0.717) is 5.92 Å². The molecule has 1 N–H and O–H groups in total. The highest BCUT2D eigenvalue weighted by Gasteiger charge is 2.01. The maximum Gasteiger partial charge on any atom is 0.147 e. The van der Waals surface area contributed by atoms with Crippen molar-refractivity contribution in [1.82, 2.24) is 9.97 Å². The van der Waals surface area contributed by atoms with Gasteiger partial charge in [0.2, 0.25) is 0 Å². The fourth-order valence-electron chi connectivity index (χ4n) is 1.32. The van der Waals surface area contributed by atoms with Crippen molar-refractivity contribution in [3.8, 4) is 0 Å². The van der Waals surface area contributed by atoms with Gasteiger partial charge >= 0.3 is 0 Å². The highest BCUT2D eigenvalue weighted by atomic mass is 35.5. The van der Waals surface area contributed by atoms with E-state index in [4.69, 9.17) is 11.6 Å². The second kappa shape index (κ2) is 6.62. The van der Waals surface area contributed by atoms with Crippen LogP contribution in [0.3, 0.4) is 0 Å². The molecule has 1 heterocycles. The van der Waals surface area contributed by atoms with E-state index >= 15 is 0 Å². The lowest BCUT2D eigenvalue weighted by atomic mass is 10.1. The Morgan fingerprint density at radius 3 is 2.80 bits per heavy atom. The number of aryl methyl sites for hydroxylation is 1. The number of anilines is 1. The van der Waals surface area contributed by atoms with Crippen molar-refractivity contribution in [2.24, 2.45) is 5.92 Å². The first-order valence-electron chi connectivity index (χ1n) is 5.31. The van der Waals surface area contributed by atoms with Crippen molar-refractivity contribution in [1.29, 1.82) is 0 Å². The Bertz CT molecular complexity index is 291. The van der Waals surface area contributed by atoms with Crippen LogP contribution in [0, 0.1) is 12.8 Å². The molecule has 0 saturated carbocycles. The first-order chi connectivity index (χ1) is 7.24. The zero-order valence-corrected chi connectivity index (χ0v) is 10.1. The molecule has 0 saturated heterocycles. The van der Waals surface area contributed by atoms with Crippen molar-refractivity contribution in [3.63, 3.8) is 0 Å². The average molecular weight is 228 g/mol. The fraction of sp³-hybridized carbons (Fsp3) is 0.636. The summed E-state index contributed by atoms with van der Waals surface area (Å²) in [7, 11) is 0. The SMILES string of the molecule is Cc1nccnc1NCCCC(C)CCl. The van der Waals surface area contributed by atoms with Gasteiger partial charge < -0.3 is 5.32 Å². The first-order valence-corrected chi connectivity index (χ1v) is 5.85. The van der Waals surface area contributed by atoms with Crippen LogP contribution < -0.4 is 5.32 Å². The summed E-state index contributed by atoms with van der Waals surface area (Å²) in [5, 5.41) is 3.28. The van der Waals surface area contributed by atoms with Crippen LogP contribution in [0.15, 0.2) is 12.4 Å². The summed E-state index contributed by atoms with van der Waals surface area (Å²) in [6, 6.07) is 0. The van der Waals surface area contributed by atoms with Gasteiger partial charge in [0.15, 0.2) is 0 Å². The first kappa shape index (κ1) is 12.2. The summed E-state index contributed by atoms with van der Waals surface area (Å²) in [6.07, 6.45) is 5.67. The third-order valence-electron chi connectivity index (χ3n) is 2.31. The molecule has 0 bridgehead atoms. The smallest absolute Gasteiger partial charge is 0.147 e. The number of rotatable bonds is 6. The van der Waals surface area contributed by atoms with E-state index in [1.165, 1.54) is 0 Å². The van der Waals surface area contributed by atoms with Crippen molar-refractivity contribution >= 4 is 17.4 Å². The Labute approximate surface area is 96.3 Å². The van der Waals surface area contributed by atoms with Gasteiger partial charge in [-0.2, -0.15) is 0 Å². The minimum absolute atomic E-state index is 0.594. The van der Waals surface area contributed by atoms with E-state index in [1.807, 2.05) is 6.92 Å². The predicted molar refractivity (Wildman–Crippen MR) is 64.4 cm³/mol. The van der Waals surface area contributed by atoms with Gasteiger partial charge in [0.05, 0.1) is 5.69 Å². The van der Waals surface area contributed by atoms with Crippen molar-refractivity contribution in [2.45, 2.75) is 26.7 Å². The number of nitrogens with zero attached hydrogens (tertiary/aromatic N) is 2. The van der Waals surface area contributed by atoms with E-state index in [1.54, 1.807) is 12.4 Å². The molecular formula is C11H18ClN3. The predicted octanol–water partition coefficient (Wildman–Crippen LogP) is 2.85. The van der Waals surface area contributed by atoms with Crippen LogP contribution in [0.5, 0.6) is 0 Å². The molecule has 1 aromatic heterocycles. The molecule has 3 nitrogen and oxygen atoms in total. The van der Waals surface area contributed by atoms with E-state index in [2.05, 4.69) is 22.2 Å². The Morgan fingerprint density at radius 2 is 2.13 bits per heavy atom. The van der Waals surface area contributed by atoms with Gasteiger partial charge in [-0.1, -0.05) is 6.92 Å². The molecule has 0 aliphatic rings. The molecule has 0 spiro atoms. The number of halogens is 1. The van der Waals surface area contributed by atoms with Crippen LogP contribution in [0.1, 0.15) is 25.5 Å². The van der Waals surface area contributed by atoms with Crippen LogP contribution in [-0.2, 0) is 0 Å². The number of nitrogens with one attached hydrogen (secondary N) is 1. The van der Waals surface area contributed by atoms with E-state index in [0.717, 1.165) is 36.8 Å². The van der Waals surface area contributed by atoms with Gasteiger partial charge in [-0.15, -0.1) is 11.6 Å². The molecule has 15 heavy (non-hydrogen) atoms. The second-order valence-electron chi connectivity index (χ2n) is 3.82. The third-order valence-corrected chi connectivity index (χ3v) is 2.84. The lowest BCUT2D eigenvalue weighted by Crippen LogP contribution is -2.07. The normalized spacial score (nSPS) is 12.5. The summed E-state index contributed by atoms with van der Waals surface area (Å²) in [6.45, 7) is 5.05. The lowest BCUT2D eigenvalue weighted by molar-refractivity contribution is 0.572. The summed E-state index contributed by atoms with van der Waals surface area (Å²) in [5.74, 6) is 2.22. The summed E-state index contributed by atoms with van der Waals surface area (Å²) >= 11 is 5.73. The van der Waals surface area contributed by atoms with Gasteiger partial charge in [0.25, 0.3) is 0 Å². The molecule has 1 aromatic rings. The van der Waals surface area contributed by atoms with E-state index in [9.17, 15) is 0 Å². The van der Waals surface area contributed by atoms with Gasteiger partial charge in [0.1, 0.15) is 5.82 Å². The molecule has 0 aromatic carbocycles. The molecule has 1 atom stereocenters. The van der Waals surface area contributed by atoms with Crippen molar-refractivity contribution in [3.05, 3.63) is 18.1 Å². The van der Waals surface area contributed by atoms with Crippen LogP contribution in [-0.4, -0.2) is 22.4 Å². The molecule has 1 unspecified atom stereocenters. The Hall–Kier alpha value is -0.830. The van der Waals surface area contributed by atoms with Gasteiger partial charge in [0, 0.05) is 24.8 Å². The van der Waals surface area contributed by atoms with E-state index < -0.39 is 0 Å². The summed E-state index contributed by atoms with van der Waals surface area (Å²) in [5.41, 5.74) is 0.947. The van der Waals surface area contributed by atoms with Crippen LogP contribution >= 0.6 is 11.6 Å². The Kier molecular flexibility index (Phi) is 5.40. The third kappa shape index (κ3) is 4.47. The zero-order valence-electron chi connectivity index (χ0n) is 9.33. The fourth-order valence-corrected chi connectivity index (χ4v) is 1.47. The maximum atomic E-state index is 5.73. The largest absolute Gasteiger partial charge is 0.369 e. The van der Waals surface area contributed by atoms with Crippen LogP contribution in [0.4, 0.5) is 5.82 Å². The number of aromatic nitrogens is 2.